The van der Waals surface area contributed by atoms with Crippen LogP contribution < -0.4 is 4.72 Å². The van der Waals surface area contributed by atoms with Crippen LogP contribution in [0.5, 0.6) is 0 Å². The minimum atomic E-state index is -3.63. The van der Waals surface area contributed by atoms with Gasteiger partial charge in [0.25, 0.3) is 0 Å². The number of hydrogen-bond donors (Lipinski definition) is 3. The van der Waals surface area contributed by atoms with E-state index in [1.807, 2.05) is 0 Å². The van der Waals surface area contributed by atoms with Crippen LogP contribution in [0.3, 0.4) is 0 Å². The lowest BCUT2D eigenvalue weighted by Crippen LogP contribution is -2.25. The van der Waals surface area contributed by atoms with Gasteiger partial charge in [-0.3, -0.25) is 0 Å². The normalized spacial score (nSPS) is 11.5. The lowest BCUT2D eigenvalue weighted by atomic mass is 10.1. The van der Waals surface area contributed by atoms with Crippen molar-refractivity contribution < 1.29 is 23.4 Å². The predicted molar refractivity (Wildman–Crippen MR) is 69.6 cm³/mol. The van der Waals surface area contributed by atoms with Gasteiger partial charge in [-0.15, -0.1) is 0 Å². The van der Waals surface area contributed by atoms with E-state index in [0.717, 1.165) is 0 Å². The number of hydrogen-bond acceptors (Lipinski definition) is 4. The highest BCUT2D eigenvalue weighted by molar-refractivity contribution is 7.89. The fourth-order valence-corrected chi connectivity index (χ4v) is 2.73. The standard InChI is InChI=1S/C12H17NO5S/c1-9-8-10(4-5-11(9)12(15)16)19(17,18)13-6-2-3-7-14/h4-5,8,13-14H,2-3,6-7H2,1H3,(H,15,16). The van der Waals surface area contributed by atoms with E-state index in [9.17, 15) is 13.2 Å². The van der Waals surface area contributed by atoms with Crippen molar-refractivity contribution in [1.82, 2.24) is 4.72 Å². The fourth-order valence-electron chi connectivity index (χ4n) is 1.57. The maximum atomic E-state index is 11.9. The van der Waals surface area contributed by atoms with Crippen molar-refractivity contribution in [3.63, 3.8) is 0 Å². The SMILES string of the molecule is Cc1cc(S(=O)(=O)NCCCCO)ccc1C(=O)O. The van der Waals surface area contributed by atoms with Gasteiger partial charge in [0.1, 0.15) is 0 Å². The number of carboxylic acids is 1. The summed E-state index contributed by atoms with van der Waals surface area (Å²) in [6.45, 7) is 1.81. The molecule has 1 rings (SSSR count). The molecular formula is C12H17NO5S. The van der Waals surface area contributed by atoms with Gasteiger partial charge in [0.05, 0.1) is 10.5 Å². The number of benzene rings is 1. The van der Waals surface area contributed by atoms with Gasteiger partial charge < -0.3 is 10.2 Å². The van der Waals surface area contributed by atoms with Crippen LogP contribution in [0.4, 0.5) is 0 Å². The summed E-state index contributed by atoms with van der Waals surface area (Å²) in [5.74, 6) is -1.09. The minimum absolute atomic E-state index is 0.0220. The van der Waals surface area contributed by atoms with Crippen LogP contribution in [0.15, 0.2) is 23.1 Å². The Morgan fingerprint density at radius 1 is 1.32 bits per heavy atom. The third-order valence-electron chi connectivity index (χ3n) is 2.62. The maximum Gasteiger partial charge on any atom is 0.335 e. The first kappa shape index (κ1) is 15.6. The second-order valence-corrected chi connectivity index (χ2v) is 5.88. The lowest BCUT2D eigenvalue weighted by Gasteiger charge is -2.08. The van der Waals surface area contributed by atoms with E-state index >= 15 is 0 Å². The van der Waals surface area contributed by atoms with Crippen LogP contribution in [0.1, 0.15) is 28.8 Å². The first-order chi connectivity index (χ1) is 8.88. The number of aliphatic hydroxyl groups excluding tert-OH is 1. The summed E-state index contributed by atoms with van der Waals surface area (Å²) in [6, 6.07) is 3.88. The Kier molecular flexibility index (Phi) is 5.46. The first-order valence-corrected chi connectivity index (χ1v) is 7.31. The van der Waals surface area contributed by atoms with Crippen molar-refractivity contribution in [2.45, 2.75) is 24.7 Å². The second-order valence-electron chi connectivity index (χ2n) is 4.11. The third kappa shape index (κ3) is 4.30. The number of nitrogens with one attached hydrogen (secondary N) is 1. The highest BCUT2D eigenvalue weighted by Crippen LogP contribution is 2.15. The van der Waals surface area contributed by atoms with Crippen molar-refractivity contribution in [2.75, 3.05) is 13.2 Å². The summed E-state index contributed by atoms with van der Waals surface area (Å²) in [6.07, 6.45) is 1.07. The molecule has 0 saturated carbocycles. The Labute approximate surface area is 112 Å². The summed E-state index contributed by atoms with van der Waals surface area (Å²) in [5.41, 5.74) is 0.477. The molecule has 19 heavy (non-hydrogen) atoms. The Morgan fingerprint density at radius 2 is 2.00 bits per heavy atom. The molecule has 0 atom stereocenters. The number of carboxylic acid groups (broad SMARTS) is 1. The molecule has 1 aromatic rings. The van der Waals surface area contributed by atoms with Crippen LogP contribution in [-0.2, 0) is 10.0 Å². The fraction of sp³-hybridized carbons (Fsp3) is 0.417. The van der Waals surface area contributed by atoms with Crippen molar-refractivity contribution in [3.8, 4) is 0 Å². The minimum Gasteiger partial charge on any atom is -0.478 e. The van der Waals surface area contributed by atoms with E-state index in [4.69, 9.17) is 10.2 Å². The molecule has 0 aliphatic rings. The Hall–Kier alpha value is -1.44. The van der Waals surface area contributed by atoms with Gasteiger partial charge in [-0.1, -0.05) is 0 Å². The maximum absolute atomic E-state index is 11.9. The molecule has 0 radical (unpaired) electrons. The molecule has 106 valence electrons. The molecule has 6 nitrogen and oxygen atoms in total. The number of sulfonamides is 1. The third-order valence-corrected chi connectivity index (χ3v) is 4.07. The van der Waals surface area contributed by atoms with Crippen LogP contribution >= 0.6 is 0 Å². The van der Waals surface area contributed by atoms with Gasteiger partial charge in [0.2, 0.25) is 10.0 Å². The van der Waals surface area contributed by atoms with Gasteiger partial charge >= 0.3 is 5.97 Å². The molecule has 0 bridgehead atoms. The average molecular weight is 287 g/mol. The van der Waals surface area contributed by atoms with E-state index in [-0.39, 0.29) is 23.6 Å². The monoisotopic (exact) mass is 287 g/mol. The second kappa shape index (κ2) is 6.65. The van der Waals surface area contributed by atoms with Crippen molar-refractivity contribution >= 4 is 16.0 Å². The quantitative estimate of drug-likeness (QED) is 0.642. The summed E-state index contributed by atoms with van der Waals surface area (Å²) in [5, 5.41) is 17.5. The summed E-state index contributed by atoms with van der Waals surface area (Å²) < 4.78 is 26.2. The number of carbonyl (C=O) groups is 1. The number of aryl methyl sites for hydroxylation is 1. The smallest absolute Gasteiger partial charge is 0.335 e. The van der Waals surface area contributed by atoms with Crippen LogP contribution in [0, 0.1) is 6.92 Å². The van der Waals surface area contributed by atoms with Crippen molar-refractivity contribution in [2.24, 2.45) is 0 Å². The van der Waals surface area contributed by atoms with E-state index in [0.29, 0.717) is 18.4 Å². The van der Waals surface area contributed by atoms with E-state index in [1.54, 1.807) is 6.92 Å². The van der Waals surface area contributed by atoms with Gasteiger partial charge in [0.15, 0.2) is 0 Å². The highest BCUT2D eigenvalue weighted by atomic mass is 32.2. The number of aliphatic hydroxyl groups is 1. The first-order valence-electron chi connectivity index (χ1n) is 5.83. The Balaban J connectivity index is 2.84. The van der Waals surface area contributed by atoms with Crippen LogP contribution in [0.2, 0.25) is 0 Å². The molecule has 0 amide bonds. The van der Waals surface area contributed by atoms with E-state index in [1.165, 1.54) is 18.2 Å². The number of unbranched alkanes of at least 4 members (excludes halogenated alkanes) is 1. The van der Waals surface area contributed by atoms with Crippen LogP contribution in [0.25, 0.3) is 0 Å². The van der Waals surface area contributed by atoms with Crippen molar-refractivity contribution in [3.05, 3.63) is 29.3 Å². The molecule has 3 N–H and O–H groups in total. The van der Waals surface area contributed by atoms with Crippen LogP contribution in [-0.4, -0.2) is 37.8 Å². The summed E-state index contributed by atoms with van der Waals surface area (Å²) >= 11 is 0. The van der Waals surface area contributed by atoms with Crippen molar-refractivity contribution in [1.29, 1.82) is 0 Å². The molecule has 0 unspecified atom stereocenters. The highest BCUT2D eigenvalue weighted by Gasteiger charge is 2.16. The number of aromatic carboxylic acids is 1. The lowest BCUT2D eigenvalue weighted by molar-refractivity contribution is 0.0696. The summed E-state index contributed by atoms with van der Waals surface area (Å²) in [4.78, 5) is 10.9. The molecule has 7 heteroatoms. The topological polar surface area (TPSA) is 104 Å². The Bertz CT molecular complexity index is 553. The molecule has 0 saturated heterocycles. The predicted octanol–water partition coefficient (Wildman–Crippen LogP) is 0.744. The molecule has 0 aliphatic heterocycles. The molecular weight excluding hydrogens is 270 g/mol. The molecule has 0 heterocycles. The molecule has 0 fully saturated rings. The van der Waals surface area contributed by atoms with Gasteiger partial charge in [-0.2, -0.15) is 0 Å². The molecule has 0 aliphatic carbocycles. The average Bonchev–Trinajstić information content (AvgIpc) is 2.34. The van der Waals surface area contributed by atoms with E-state index in [2.05, 4.69) is 4.72 Å². The summed E-state index contributed by atoms with van der Waals surface area (Å²) in [7, 11) is -3.63. The number of rotatable bonds is 7. The van der Waals surface area contributed by atoms with Gasteiger partial charge in [-0.25, -0.2) is 17.9 Å². The van der Waals surface area contributed by atoms with E-state index < -0.39 is 16.0 Å². The zero-order valence-corrected chi connectivity index (χ0v) is 11.4. The van der Waals surface area contributed by atoms with Gasteiger partial charge in [0, 0.05) is 13.2 Å². The molecule has 0 spiro atoms. The van der Waals surface area contributed by atoms with Gasteiger partial charge in [-0.05, 0) is 43.5 Å². The molecule has 1 aromatic carbocycles. The Morgan fingerprint density at radius 3 is 2.53 bits per heavy atom. The zero-order valence-electron chi connectivity index (χ0n) is 10.6. The zero-order chi connectivity index (χ0) is 14.5. The molecule has 0 aromatic heterocycles. The largest absolute Gasteiger partial charge is 0.478 e.